The molecule has 198 valence electrons. The lowest BCUT2D eigenvalue weighted by Gasteiger charge is -2.15. The van der Waals surface area contributed by atoms with Crippen molar-refractivity contribution in [3.8, 4) is 11.5 Å². The Morgan fingerprint density at radius 3 is 2.34 bits per heavy atom. The SMILES string of the molecule is COC(=O)C(N)COc1ccc(C2=C(Cc3ccc(OCCN4CCCC4)cc3)c3ccccc3C2)cc1. The van der Waals surface area contributed by atoms with Crippen molar-refractivity contribution in [2.24, 2.45) is 5.73 Å². The molecule has 0 aromatic heterocycles. The van der Waals surface area contributed by atoms with E-state index in [0.29, 0.717) is 5.75 Å². The smallest absolute Gasteiger partial charge is 0.326 e. The summed E-state index contributed by atoms with van der Waals surface area (Å²) in [4.78, 5) is 14.0. The number of esters is 1. The standard InChI is InChI=1S/C32H36N2O4/c1-36-32(35)31(33)22-38-27-14-10-24(11-15-27)29-21-25-6-2-3-7-28(25)30(29)20-23-8-12-26(13-9-23)37-19-18-34-16-4-5-17-34/h2-3,6-15,31H,4-5,16-22,33H2,1H3. The number of methoxy groups -OCH3 is 1. The molecule has 0 amide bonds. The van der Waals surface area contributed by atoms with Gasteiger partial charge in [-0.2, -0.15) is 0 Å². The Labute approximate surface area is 225 Å². The van der Waals surface area contributed by atoms with Crippen molar-refractivity contribution in [3.63, 3.8) is 0 Å². The third-order valence-electron chi connectivity index (χ3n) is 7.39. The number of nitrogens with zero attached hydrogens (tertiary/aromatic N) is 1. The zero-order valence-corrected chi connectivity index (χ0v) is 22.0. The summed E-state index contributed by atoms with van der Waals surface area (Å²) in [5, 5.41) is 0. The van der Waals surface area contributed by atoms with E-state index in [1.54, 1.807) is 0 Å². The Hall–Kier alpha value is -3.61. The molecule has 1 unspecified atom stereocenters. The molecule has 3 aromatic carbocycles. The van der Waals surface area contributed by atoms with Crippen LogP contribution in [0.15, 0.2) is 72.8 Å². The first-order valence-electron chi connectivity index (χ1n) is 13.4. The van der Waals surface area contributed by atoms with Crippen LogP contribution < -0.4 is 15.2 Å². The van der Waals surface area contributed by atoms with Crippen LogP contribution in [0.1, 0.15) is 35.1 Å². The van der Waals surface area contributed by atoms with Gasteiger partial charge in [0.2, 0.25) is 0 Å². The molecule has 2 aliphatic rings. The molecule has 5 rings (SSSR count). The maximum Gasteiger partial charge on any atom is 0.326 e. The van der Waals surface area contributed by atoms with E-state index in [-0.39, 0.29) is 6.61 Å². The minimum absolute atomic E-state index is 0.0728. The lowest BCUT2D eigenvalue weighted by Crippen LogP contribution is -2.37. The maximum atomic E-state index is 11.5. The number of allylic oxidation sites excluding steroid dienone is 2. The minimum Gasteiger partial charge on any atom is -0.492 e. The molecule has 1 heterocycles. The molecule has 2 N–H and O–H groups in total. The van der Waals surface area contributed by atoms with Crippen molar-refractivity contribution in [1.29, 1.82) is 0 Å². The second kappa shape index (κ2) is 12.3. The highest BCUT2D eigenvalue weighted by molar-refractivity contribution is 5.97. The minimum atomic E-state index is -0.805. The number of ether oxygens (including phenoxy) is 3. The molecule has 6 heteroatoms. The fourth-order valence-electron chi connectivity index (χ4n) is 5.27. The molecule has 38 heavy (non-hydrogen) atoms. The number of carbonyl (C=O) groups is 1. The lowest BCUT2D eigenvalue weighted by molar-refractivity contribution is -0.142. The van der Waals surface area contributed by atoms with Gasteiger partial charge in [0, 0.05) is 6.54 Å². The summed E-state index contributed by atoms with van der Waals surface area (Å²) < 4.78 is 16.4. The second-order valence-corrected chi connectivity index (χ2v) is 9.97. The largest absolute Gasteiger partial charge is 0.492 e. The highest BCUT2D eigenvalue weighted by atomic mass is 16.5. The first-order valence-corrected chi connectivity index (χ1v) is 13.4. The summed E-state index contributed by atoms with van der Waals surface area (Å²) in [6.07, 6.45) is 4.36. The zero-order chi connectivity index (χ0) is 26.3. The molecule has 1 atom stereocenters. The molecular formula is C32H36N2O4. The number of rotatable bonds is 11. The van der Waals surface area contributed by atoms with Crippen molar-refractivity contribution in [1.82, 2.24) is 4.90 Å². The van der Waals surface area contributed by atoms with Crippen LogP contribution in [-0.2, 0) is 22.4 Å². The van der Waals surface area contributed by atoms with Crippen LogP contribution in [0.5, 0.6) is 11.5 Å². The number of nitrogens with two attached hydrogens (primary N) is 1. The van der Waals surface area contributed by atoms with Crippen LogP contribution in [-0.4, -0.2) is 56.9 Å². The number of fused-ring (bicyclic) bond motifs is 1. The van der Waals surface area contributed by atoms with Gasteiger partial charge < -0.3 is 19.9 Å². The van der Waals surface area contributed by atoms with Crippen molar-refractivity contribution in [3.05, 3.63) is 95.1 Å². The first kappa shape index (κ1) is 26.0. The monoisotopic (exact) mass is 512 g/mol. The molecule has 0 radical (unpaired) electrons. The molecule has 1 aliphatic heterocycles. The Morgan fingerprint density at radius 1 is 0.921 bits per heavy atom. The van der Waals surface area contributed by atoms with E-state index in [0.717, 1.165) is 31.7 Å². The van der Waals surface area contributed by atoms with Crippen LogP contribution in [0.2, 0.25) is 0 Å². The molecule has 1 aliphatic carbocycles. The summed E-state index contributed by atoms with van der Waals surface area (Å²) in [7, 11) is 1.32. The molecule has 6 nitrogen and oxygen atoms in total. The Morgan fingerprint density at radius 2 is 1.61 bits per heavy atom. The van der Waals surface area contributed by atoms with Crippen molar-refractivity contribution < 1.29 is 19.0 Å². The molecule has 0 spiro atoms. The fourth-order valence-corrected chi connectivity index (χ4v) is 5.27. The van der Waals surface area contributed by atoms with Gasteiger partial charge in [-0.1, -0.05) is 48.5 Å². The van der Waals surface area contributed by atoms with Gasteiger partial charge in [0.1, 0.15) is 30.8 Å². The molecule has 3 aromatic rings. The van der Waals surface area contributed by atoms with Crippen molar-refractivity contribution >= 4 is 17.1 Å². The fraction of sp³-hybridized carbons (Fsp3) is 0.344. The van der Waals surface area contributed by atoms with E-state index in [1.165, 1.54) is 66.4 Å². The van der Waals surface area contributed by atoms with E-state index in [4.69, 9.17) is 15.2 Å². The highest BCUT2D eigenvalue weighted by Crippen LogP contribution is 2.40. The lowest BCUT2D eigenvalue weighted by atomic mass is 9.95. The normalized spacial score (nSPS) is 15.8. The van der Waals surface area contributed by atoms with Crippen LogP contribution in [0.3, 0.4) is 0 Å². The number of likely N-dealkylation sites (tertiary alicyclic amines) is 1. The van der Waals surface area contributed by atoms with E-state index in [9.17, 15) is 4.79 Å². The van der Waals surface area contributed by atoms with Crippen LogP contribution in [0.25, 0.3) is 11.1 Å². The average Bonchev–Trinajstić information content (AvgIpc) is 3.61. The number of hydrogen-bond donors (Lipinski definition) is 1. The summed E-state index contributed by atoms with van der Waals surface area (Å²) in [5.41, 5.74) is 13.6. The molecule has 0 saturated carbocycles. The number of carbonyl (C=O) groups excluding carboxylic acids is 1. The Kier molecular flexibility index (Phi) is 8.41. The molecule has 0 bridgehead atoms. The van der Waals surface area contributed by atoms with Gasteiger partial charge >= 0.3 is 5.97 Å². The van der Waals surface area contributed by atoms with Gasteiger partial charge in [-0.05, 0) is 96.4 Å². The van der Waals surface area contributed by atoms with Crippen molar-refractivity contribution in [2.45, 2.75) is 31.7 Å². The topological polar surface area (TPSA) is 74.0 Å². The summed E-state index contributed by atoms with van der Waals surface area (Å²) in [5.74, 6) is 1.12. The zero-order valence-electron chi connectivity index (χ0n) is 22.0. The average molecular weight is 513 g/mol. The van der Waals surface area contributed by atoms with Gasteiger partial charge in [0.25, 0.3) is 0 Å². The van der Waals surface area contributed by atoms with E-state index in [2.05, 4.69) is 70.3 Å². The van der Waals surface area contributed by atoms with E-state index in [1.807, 2.05) is 12.1 Å². The Balaban J connectivity index is 1.27. The van der Waals surface area contributed by atoms with Crippen molar-refractivity contribution in [2.75, 3.05) is 40.0 Å². The van der Waals surface area contributed by atoms with Gasteiger partial charge in [-0.3, -0.25) is 9.69 Å². The predicted octanol–water partition coefficient (Wildman–Crippen LogP) is 4.75. The maximum absolute atomic E-state index is 11.5. The van der Waals surface area contributed by atoms with E-state index < -0.39 is 12.0 Å². The quantitative estimate of drug-likeness (QED) is 0.374. The van der Waals surface area contributed by atoms with Gasteiger partial charge in [0.05, 0.1) is 7.11 Å². The van der Waals surface area contributed by atoms with Crippen LogP contribution in [0, 0.1) is 0 Å². The van der Waals surface area contributed by atoms with Crippen LogP contribution >= 0.6 is 0 Å². The van der Waals surface area contributed by atoms with Crippen LogP contribution in [0.4, 0.5) is 0 Å². The summed E-state index contributed by atoms with van der Waals surface area (Å²) in [6, 6.07) is 24.4. The predicted molar refractivity (Wildman–Crippen MR) is 150 cm³/mol. The summed E-state index contributed by atoms with van der Waals surface area (Å²) in [6.45, 7) is 4.19. The molecular weight excluding hydrogens is 476 g/mol. The summed E-state index contributed by atoms with van der Waals surface area (Å²) >= 11 is 0. The Bertz CT molecular complexity index is 1260. The van der Waals surface area contributed by atoms with Gasteiger partial charge in [-0.15, -0.1) is 0 Å². The third kappa shape index (κ3) is 6.26. The van der Waals surface area contributed by atoms with Gasteiger partial charge in [-0.25, -0.2) is 0 Å². The highest BCUT2D eigenvalue weighted by Gasteiger charge is 2.23. The number of hydrogen-bond acceptors (Lipinski definition) is 6. The number of benzene rings is 3. The molecule has 1 fully saturated rings. The molecule has 1 saturated heterocycles. The second-order valence-electron chi connectivity index (χ2n) is 9.97. The van der Waals surface area contributed by atoms with E-state index >= 15 is 0 Å². The van der Waals surface area contributed by atoms with Gasteiger partial charge in [0.15, 0.2) is 0 Å². The third-order valence-corrected chi connectivity index (χ3v) is 7.39. The first-order chi connectivity index (χ1) is 18.6.